The average molecular weight is 459 g/mol. The molecule has 1 N–H and O–H groups in total. The lowest BCUT2D eigenvalue weighted by Crippen LogP contribution is -2.53. The molecule has 1 aliphatic heterocycles. The summed E-state index contributed by atoms with van der Waals surface area (Å²) in [5, 5.41) is 9.25. The van der Waals surface area contributed by atoms with Crippen molar-refractivity contribution < 1.29 is 22.7 Å². The van der Waals surface area contributed by atoms with E-state index in [2.05, 4.69) is 4.98 Å². The van der Waals surface area contributed by atoms with Crippen LogP contribution in [0.1, 0.15) is 44.6 Å². The molecule has 3 rings (SSSR count). The highest BCUT2D eigenvalue weighted by Gasteiger charge is 2.34. The van der Waals surface area contributed by atoms with E-state index in [1.807, 2.05) is 11.0 Å². The summed E-state index contributed by atoms with van der Waals surface area (Å²) in [6.45, 7) is 6.32. The molecule has 1 unspecified atom stereocenters. The van der Waals surface area contributed by atoms with Crippen molar-refractivity contribution in [3.63, 3.8) is 0 Å². The number of aromatic nitrogens is 1. The number of esters is 1. The minimum Gasteiger partial charge on any atom is -0.465 e. The van der Waals surface area contributed by atoms with Gasteiger partial charge in [0.05, 0.1) is 34.9 Å². The normalized spacial score (nSPS) is 16.3. The van der Waals surface area contributed by atoms with Gasteiger partial charge in [-0.05, 0) is 38.5 Å². The Morgan fingerprint density at radius 3 is 2.38 bits per heavy atom. The number of sulfonamides is 1. The van der Waals surface area contributed by atoms with Gasteiger partial charge in [-0.25, -0.2) is 13.2 Å². The second kappa shape index (κ2) is 9.24. The Kier molecular flexibility index (Phi) is 6.83. The number of nitrogens with zero attached hydrogens (tertiary/aromatic N) is 3. The van der Waals surface area contributed by atoms with E-state index in [-0.39, 0.29) is 29.3 Å². The standard InChI is InChI=1S/C22H26N4O5S/c1-14-19(22(28)31-4)15(2)24-20(14)21(27)16(3)25-9-11-26(12-10-25)32(29,30)18-8-6-5-7-17(18)13-23/h5-8,16,24H,9-12H2,1-4H3. The molecule has 0 saturated carbocycles. The minimum absolute atomic E-state index is 0.00657. The number of Topliss-reactive ketones (excluding diaryl/α,β-unsaturated/α-hetero) is 1. The van der Waals surface area contributed by atoms with E-state index >= 15 is 0 Å². The predicted octanol–water partition coefficient (Wildman–Crippen LogP) is 1.87. The van der Waals surface area contributed by atoms with E-state index < -0.39 is 22.0 Å². The lowest BCUT2D eigenvalue weighted by Gasteiger charge is -2.36. The number of ether oxygens (including phenoxy) is 1. The zero-order valence-corrected chi connectivity index (χ0v) is 19.3. The lowest BCUT2D eigenvalue weighted by molar-refractivity contribution is 0.0599. The molecule has 0 amide bonds. The molecular formula is C22H26N4O5S. The number of nitriles is 1. The van der Waals surface area contributed by atoms with Crippen molar-refractivity contribution >= 4 is 21.8 Å². The van der Waals surface area contributed by atoms with E-state index in [4.69, 9.17) is 4.74 Å². The molecule has 0 spiro atoms. The Bertz CT molecular complexity index is 1190. The van der Waals surface area contributed by atoms with Gasteiger partial charge in [-0.2, -0.15) is 9.57 Å². The number of aryl methyl sites for hydroxylation is 1. The van der Waals surface area contributed by atoms with Crippen LogP contribution in [-0.2, 0) is 14.8 Å². The number of ketones is 1. The molecule has 2 heterocycles. The first-order chi connectivity index (χ1) is 15.1. The molecule has 1 atom stereocenters. The van der Waals surface area contributed by atoms with Crippen LogP contribution in [0.25, 0.3) is 0 Å². The third kappa shape index (κ3) is 4.19. The number of carbonyl (C=O) groups excluding carboxylic acids is 2. The Labute approximate surface area is 187 Å². The van der Waals surface area contributed by atoms with Crippen LogP contribution in [0.15, 0.2) is 29.2 Å². The smallest absolute Gasteiger partial charge is 0.339 e. The largest absolute Gasteiger partial charge is 0.465 e. The van der Waals surface area contributed by atoms with Crippen molar-refractivity contribution in [2.75, 3.05) is 33.3 Å². The Morgan fingerprint density at radius 2 is 1.78 bits per heavy atom. The molecule has 0 radical (unpaired) electrons. The maximum absolute atomic E-state index is 13.1. The lowest BCUT2D eigenvalue weighted by atomic mass is 10.0. The highest BCUT2D eigenvalue weighted by Crippen LogP contribution is 2.24. The summed E-state index contributed by atoms with van der Waals surface area (Å²) >= 11 is 0. The van der Waals surface area contributed by atoms with Crippen LogP contribution in [0.5, 0.6) is 0 Å². The van der Waals surface area contributed by atoms with E-state index in [0.717, 1.165) is 0 Å². The zero-order chi connectivity index (χ0) is 23.6. The van der Waals surface area contributed by atoms with Crippen molar-refractivity contribution in [3.8, 4) is 6.07 Å². The minimum atomic E-state index is -3.81. The van der Waals surface area contributed by atoms with Gasteiger partial charge in [0.15, 0.2) is 5.78 Å². The number of hydrogen-bond donors (Lipinski definition) is 1. The number of piperazine rings is 1. The van der Waals surface area contributed by atoms with Crippen LogP contribution in [-0.4, -0.2) is 73.7 Å². The monoisotopic (exact) mass is 458 g/mol. The molecule has 0 aliphatic carbocycles. The van der Waals surface area contributed by atoms with Crippen molar-refractivity contribution in [1.29, 1.82) is 5.26 Å². The Balaban J connectivity index is 1.74. The van der Waals surface area contributed by atoms with Crippen molar-refractivity contribution in [1.82, 2.24) is 14.2 Å². The van der Waals surface area contributed by atoms with Crippen LogP contribution in [0.2, 0.25) is 0 Å². The molecule has 9 nitrogen and oxygen atoms in total. The first-order valence-electron chi connectivity index (χ1n) is 10.2. The summed E-state index contributed by atoms with van der Waals surface area (Å²) in [6.07, 6.45) is 0. The number of methoxy groups -OCH3 is 1. The molecule has 1 aliphatic rings. The topological polar surface area (TPSA) is 124 Å². The summed E-state index contributed by atoms with van der Waals surface area (Å²) in [6, 6.07) is 7.55. The summed E-state index contributed by atoms with van der Waals surface area (Å²) in [5.41, 5.74) is 1.93. The van der Waals surface area contributed by atoms with Crippen LogP contribution in [0.4, 0.5) is 0 Å². The zero-order valence-electron chi connectivity index (χ0n) is 18.5. The number of hydrogen-bond acceptors (Lipinski definition) is 7. The fraction of sp³-hybridized carbons (Fsp3) is 0.409. The van der Waals surface area contributed by atoms with Gasteiger partial charge < -0.3 is 9.72 Å². The second-order valence-electron chi connectivity index (χ2n) is 7.70. The molecule has 10 heteroatoms. The Hall–Kier alpha value is -3.00. The summed E-state index contributed by atoms with van der Waals surface area (Å²) in [4.78, 5) is 30.0. The molecule has 1 aromatic carbocycles. The van der Waals surface area contributed by atoms with E-state index in [1.54, 1.807) is 32.9 Å². The molecule has 1 fully saturated rings. The summed E-state index contributed by atoms with van der Waals surface area (Å²) in [5.74, 6) is -0.675. The highest BCUT2D eigenvalue weighted by molar-refractivity contribution is 7.89. The number of carbonyl (C=O) groups is 2. The van der Waals surface area contributed by atoms with E-state index in [1.165, 1.54) is 23.5 Å². The number of rotatable bonds is 6. The third-order valence-electron chi connectivity index (χ3n) is 5.90. The van der Waals surface area contributed by atoms with Gasteiger partial charge in [0.25, 0.3) is 0 Å². The van der Waals surface area contributed by atoms with Gasteiger partial charge in [-0.15, -0.1) is 0 Å². The maximum atomic E-state index is 13.1. The quantitative estimate of drug-likeness (QED) is 0.518. The highest BCUT2D eigenvalue weighted by atomic mass is 32.2. The number of benzene rings is 1. The van der Waals surface area contributed by atoms with Crippen LogP contribution < -0.4 is 0 Å². The number of H-pyrrole nitrogens is 1. The van der Waals surface area contributed by atoms with Gasteiger partial charge in [-0.1, -0.05) is 12.1 Å². The van der Waals surface area contributed by atoms with Gasteiger partial charge in [0.1, 0.15) is 6.07 Å². The van der Waals surface area contributed by atoms with E-state index in [0.29, 0.717) is 35.6 Å². The third-order valence-corrected chi connectivity index (χ3v) is 7.86. The van der Waals surface area contributed by atoms with Gasteiger partial charge in [0.2, 0.25) is 10.0 Å². The molecule has 2 aromatic rings. The fourth-order valence-electron chi connectivity index (χ4n) is 4.03. The van der Waals surface area contributed by atoms with Crippen molar-refractivity contribution in [2.24, 2.45) is 0 Å². The molecule has 32 heavy (non-hydrogen) atoms. The maximum Gasteiger partial charge on any atom is 0.339 e. The van der Waals surface area contributed by atoms with Crippen molar-refractivity contribution in [2.45, 2.75) is 31.7 Å². The Morgan fingerprint density at radius 1 is 1.16 bits per heavy atom. The molecule has 170 valence electrons. The number of nitrogens with one attached hydrogen (secondary N) is 1. The first-order valence-corrected chi connectivity index (χ1v) is 11.6. The van der Waals surface area contributed by atoms with Crippen molar-refractivity contribution in [3.05, 3.63) is 52.3 Å². The average Bonchev–Trinajstić information content (AvgIpc) is 3.11. The predicted molar refractivity (Wildman–Crippen MR) is 117 cm³/mol. The molecule has 0 bridgehead atoms. The molecule has 1 aromatic heterocycles. The van der Waals surface area contributed by atoms with Crippen LogP contribution >= 0.6 is 0 Å². The number of aromatic amines is 1. The van der Waals surface area contributed by atoms with Gasteiger partial charge in [-0.3, -0.25) is 9.69 Å². The first kappa shape index (κ1) is 23.7. The van der Waals surface area contributed by atoms with E-state index in [9.17, 15) is 23.3 Å². The van der Waals surface area contributed by atoms with Gasteiger partial charge in [0, 0.05) is 31.9 Å². The summed E-state index contributed by atoms with van der Waals surface area (Å²) < 4.78 is 32.2. The fourth-order valence-corrected chi connectivity index (χ4v) is 5.60. The van der Waals surface area contributed by atoms with Crippen LogP contribution in [0, 0.1) is 25.2 Å². The molecular weight excluding hydrogens is 432 g/mol. The summed E-state index contributed by atoms with van der Waals surface area (Å²) in [7, 11) is -2.51. The second-order valence-corrected chi connectivity index (χ2v) is 9.61. The van der Waals surface area contributed by atoms with Crippen LogP contribution in [0.3, 0.4) is 0 Å². The SMILES string of the molecule is COC(=O)c1c(C)[nH]c(C(=O)C(C)N2CCN(S(=O)(=O)c3ccccc3C#N)CC2)c1C. The molecule has 1 saturated heterocycles. The van der Waals surface area contributed by atoms with Gasteiger partial charge >= 0.3 is 5.97 Å².